The summed E-state index contributed by atoms with van der Waals surface area (Å²) in [6.45, 7) is 5.31. The Labute approximate surface area is 136 Å². The molecule has 0 aliphatic carbocycles. The molecule has 1 atom stereocenters. The summed E-state index contributed by atoms with van der Waals surface area (Å²) in [6, 6.07) is 6.07. The molecule has 0 radical (unpaired) electrons. The number of H-pyrrole nitrogens is 1. The van der Waals surface area contributed by atoms with Gasteiger partial charge >= 0.3 is 0 Å². The van der Waals surface area contributed by atoms with Crippen LogP contribution in [-0.4, -0.2) is 33.9 Å². The molecule has 0 saturated carbocycles. The van der Waals surface area contributed by atoms with Gasteiger partial charge in [0.25, 0.3) is 0 Å². The maximum atomic E-state index is 12.5. The highest BCUT2D eigenvalue weighted by atomic mass is 16.5. The summed E-state index contributed by atoms with van der Waals surface area (Å²) >= 11 is 0. The second-order valence-electron chi connectivity index (χ2n) is 6.02. The number of rotatable bonds is 5. The summed E-state index contributed by atoms with van der Waals surface area (Å²) in [6.07, 6.45) is 5.93. The highest BCUT2D eigenvalue weighted by molar-refractivity contribution is 5.77. The molecule has 1 saturated heterocycles. The molecule has 3 rings (SSSR count). The Bertz CT molecular complexity index is 667. The normalized spacial score (nSPS) is 17.5. The lowest BCUT2D eigenvalue weighted by Gasteiger charge is -2.23. The van der Waals surface area contributed by atoms with Gasteiger partial charge in [-0.05, 0) is 43.9 Å². The molecule has 23 heavy (non-hydrogen) atoms. The van der Waals surface area contributed by atoms with Crippen molar-refractivity contribution in [3.05, 3.63) is 47.5 Å². The van der Waals surface area contributed by atoms with Gasteiger partial charge in [-0.25, -0.2) is 4.98 Å². The van der Waals surface area contributed by atoms with Crippen LogP contribution in [0.4, 0.5) is 0 Å². The van der Waals surface area contributed by atoms with E-state index in [1.54, 1.807) is 12.4 Å². The number of amides is 1. The first kappa shape index (κ1) is 15.6. The quantitative estimate of drug-likeness (QED) is 0.922. The molecular formula is C18H23N3O2. The van der Waals surface area contributed by atoms with Gasteiger partial charge in [0.05, 0.1) is 19.1 Å². The largest absolute Gasteiger partial charge is 0.493 e. The molecule has 1 amide bonds. The predicted octanol–water partition coefficient (Wildman–Crippen LogP) is 3.16. The van der Waals surface area contributed by atoms with Gasteiger partial charge in [-0.1, -0.05) is 12.1 Å². The van der Waals surface area contributed by atoms with Crippen LogP contribution in [0.2, 0.25) is 0 Å². The number of carbonyl (C=O) groups excluding carboxylic acids is 1. The number of hydrogen-bond donors (Lipinski definition) is 1. The monoisotopic (exact) mass is 313 g/mol. The van der Waals surface area contributed by atoms with Crippen LogP contribution >= 0.6 is 0 Å². The minimum atomic E-state index is 0.0817. The minimum absolute atomic E-state index is 0.0817. The molecule has 0 spiro atoms. The lowest BCUT2D eigenvalue weighted by Crippen LogP contribution is -2.32. The van der Waals surface area contributed by atoms with Gasteiger partial charge in [-0.15, -0.1) is 0 Å². The van der Waals surface area contributed by atoms with Crippen molar-refractivity contribution in [3.63, 3.8) is 0 Å². The average Bonchev–Trinajstić information content (AvgIpc) is 3.21. The van der Waals surface area contributed by atoms with E-state index in [9.17, 15) is 4.79 Å². The second kappa shape index (κ2) is 6.86. The zero-order valence-corrected chi connectivity index (χ0v) is 13.7. The molecule has 1 N–H and O–H groups in total. The summed E-state index contributed by atoms with van der Waals surface area (Å²) in [5.41, 5.74) is 2.33. The van der Waals surface area contributed by atoms with Crippen molar-refractivity contribution in [2.24, 2.45) is 0 Å². The Kier molecular flexibility index (Phi) is 4.65. The van der Waals surface area contributed by atoms with E-state index in [0.717, 1.165) is 36.5 Å². The van der Waals surface area contributed by atoms with Gasteiger partial charge in [0.1, 0.15) is 11.6 Å². The highest BCUT2D eigenvalue weighted by Gasteiger charge is 2.31. The molecule has 5 nitrogen and oxygen atoms in total. The van der Waals surface area contributed by atoms with E-state index < -0.39 is 0 Å². The van der Waals surface area contributed by atoms with E-state index in [0.29, 0.717) is 13.0 Å². The predicted molar refractivity (Wildman–Crippen MR) is 88.3 cm³/mol. The summed E-state index contributed by atoms with van der Waals surface area (Å²) in [4.78, 5) is 21.8. The molecule has 1 aliphatic rings. The van der Waals surface area contributed by atoms with Crippen molar-refractivity contribution in [2.75, 3.05) is 13.2 Å². The SMILES string of the molecule is Cc1cccc(OCCC(=O)N2CCC[C@H]2c2ncc[nH]2)c1C. The number of aromatic amines is 1. The second-order valence-corrected chi connectivity index (χ2v) is 6.02. The number of aromatic nitrogens is 2. The Morgan fingerprint density at radius 3 is 3.09 bits per heavy atom. The van der Waals surface area contributed by atoms with Crippen LogP contribution in [0.25, 0.3) is 0 Å². The number of carbonyl (C=O) groups is 1. The number of nitrogens with zero attached hydrogens (tertiary/aromatic N) is 2. The topological polar surface area (TPSA) is 58.2 Å². The Hall–Kier alpha value is -2.30. The van der Waals surface area contributed by atoms with E-state index in [4.69, 9.17) is 4.74 Å². The van der Waals surface area contributed by atoms with E-state index in [-0.39, 0.29) is 11.9 Å². The number of benzene rings is 1. The number of imidazole rings is 1. The maximum absolute atomic E-state index is 12.5. The highest BCUT2D eigenvalue weighted by Crippen LogP contribution is 2.30. The van der Waals surface area contributed by atoms with E-state index in [1.807, 2.05) is 24.0 Å². The first-order valence-electron chi connectivity index (χ1n) is 8.14. The summed E-state index contributed by atoms with van der Waals surface area (Å²) in [7, 11) is 0. The molecule has 1 aromatic carbocycles. The Morgan fingerprint density at radius 2 is 2.30 bits per heavy atom. The number of ether oxygens (including phenoxy) is 1. The number of likely N-dealkylation sites (tertiary alicyclic amines) is 1. The first-order valence-corrected chi connectivity index (χ1v) is 8.14. The Morgan fingerprint density at radius 1 is 1.43 bits per heavy atom. The van der Waals surface area contributed by atoms with Gasteiger partial charge in [0.2, 0.25) is 5.91 Å². The van der Waals surface area contributed by atoms with Crippen molar-refractivity contribution < 1.29 is 9.53 Å². The van der Waals surface area contributed by atoms with E-state index in [1.165, 1.54) is 5.56 Å². The molecule has 5 heteroatoms. The number of aryl methyl sites for hydroxylation is 1. The number of nitrogens with one attached hydrogen (secondary N) is 1. The fourth-order valence-electron chi connectivity index (χ4n) is 3.08. The first-order chi connectivity index (χ1) is 11.2. The third-order valence-electron chi connectivity index (χ3n) is 4.54. The van der Waals surface area contributed by atoms with Crippen molar-refractivity contribution in [1.82, 2.24) is 14.9 Å². The van der Waals surface area contributed by atoms with Crippen LogP contribution in [0.1, 0.15) is 42.3 Å². The van der Waals surface area contributed by atoms with Gasteiger partial charge < -0.3 is 14.6 Å². The average molecular weight is 313 g/mol. The lowest BCUT2D eigenvalue weighted by atomic mass is 10.1. The zero-order chi connectivity index (χ0) is 16.2. The Balaban J connectivity index is 1.56. The van der Waals surface area contributed by atoms with E-state index in [2.05, 4.69) is 23.0 Å². The molecule has 0 bridgehead atoms. The summed E-state index contributed by atoms with van der Waals surface area (Å²) in [5.74, 6) is 1.88. The molecule has 122 valence electrons. The van der Waals surface area contributed by atoms with Crippen LogP contribution in [0.15, 0.2) is 30.6 Å². The molecule has 1 aliphatic heterocycles. The fraction of sp³-hybridized carbons (Fsp3) is 0.444. The number of hydrogen-bond acceptors (Lipinski definition) is 3. The smallest absolute Gasteiger partial charge is 0.226 e. The molecule has 1 aromatic heterocycles. The van der Waals surface area contributed by atoms with Crippen molar-refractivity contribution in [1.29, 1.82) is 0 Å². The standard InChI is InChI=1S/C18H23N3O2/c1-13-5-3-7-16(14(13)2)23-12-8-17(22)21-11-4-6-15(21)18-19-9-10-20-18/h3,5,7,9-10,15H,4,6,8,11-12H2,1-2H3,(H,19,20)/t15-/m0/s1. The summed E-state index contributed by atoms with van der Waals surface area (Å²) in [5, 5.41) is 0. The fourth-order valence-corrected chi connectivity index (χ4v) is 3.08. The zero-order valence-electron chi connectivity index (χ0n) is 13.7. The van der Waals surface area contributed by atoms with E-state index >= 15 is 0 Å². The summed E-state index contributed by atoms with van der Waals surface area (Å²) < 4.78 is 5.80. The van der Waals surface area contributed by atoms with Crippen LogP contribution in [0.5, 0.6) is 5.75 Å². The van der Waals surface area contributed by atoms with Crippen LogP contribution < -0.4 is 4.74 Å². The third kappa shape index (κ3) is 3.38. The van der Waals surface area contributed by atoms with Crippen LogP contribution in [0, 0.1) is 13.8 Å². The molecule has 0 unspecified atom stereocenters. The van der Waals surface area contributed by atoms with Gasteiger partial charge in [-0.3, -0.25) is 4.79 Å². The van der Waals surface area contributed by atoms with Gasteiger partial charge in [0, 0.05) is 18.9 Å². The lowest BCUT2D eigenvalue weighted by molar-refractivity contribution is -0.132. The van der Waals surface area contributed by atoms with Crippen molar-refractivity contribution in [2.45, 2.75) is 39.2 Å². The van der Waals surface area contributed by atoms with Crippen molar-refractivity contribution in [3.8, 4) is 5.75 Å². The minimum Gasteiger partial charge on any atom is -0.493 e. The van der Waals surface area contributed by atoms with Crippen LogP contribution in [-0.2, 0) is 4.79 Å². The maximum Gasteiger partial charge on any atom is 0.226 e. The molecule has 2 aromatic rings. The molecular weight excluding hydrogens is 290 g/mol. The van der Waals surface area contributed by atoms with Crippen LogP contribution in [0.3, 0.4) is 0 Å². The van der Waals surface area contributed by atoms with Gasteiger partial charge in [0.15, 0.2) is 0 Å². The molecule has 1 fully saturated rings. The van der Waals surface area contributed by atoms with Gasteiger partial charge in [-0.2, -0.15) is 0 Å². The van der Waals surface area contributed by atoms with Crippen molar-refractivity contribution >= 4 is 5.91 Å². The third-order valence-corrected chi connectivity index (χ3v) is 4.54. The molecule has 2 heterocycles.